The minimum atomic E-state index is 0.572. The Labute approximate surface area is 72.2 Å². The van der Waals surface area contributed by atoms with E-state index in [0.717, 1.165) is 24.6 Å². The number of hydrogen-bond acceptors (Lipinski definition) is 3. The van der Waals surface area contributed by atoms with E-state index < -0.39 is 0 Å². The molecule has 0 spiro atoms. The lowest BCUT2D eigenvalue weighted by Gasteiger charge is -2.05. The van der Waals surface area contributed by atoms with Crippen LogP contribution in [-0.4, -0.2) is 18.6 Å². The molecule has 3 nitrogen and oxygen atoms in total. The summed E-state index contributed by atoms with van der Waals surface area (Å²) in [6, 6.07) is 0. The van der Waals surface area contributed by atoms with E-state index >= 15 is 0 Å². The number of hydrogen-bond donors (Lipinski definition) is 1. The first-order valence-corrected chi connectivity index (χ1v) is 4.42. The van der Waals surface area contributed by atoms with Gasteiger partial charge in [-0.05, 0) is 13.5 Å². The van der Waals surface area contributed by atoms with Crippen molar-refractivity contribution in [2.75, 3.05) is 13.6 Å². The predicted molar refractivity (Wildman–Crippen MR) is 46.2 cm³/mol. The van der Waals surface area contributed by atoms with Gasteiger partial charge in [-0.1, -0.05) is 0 Å². The highest BCUT2D eigenvalue weighted by atomic mass is 16.4. The molecule has 0 bridgehead atoms. The molecule has 2 rings (SSSR count). The van der Waals surface area contributed by atoms with Gasteiger partial charge < -0.3 is 9.73 Å². The molecule has 1 aromatic rings. The Hall–Kier alpha value is -0.830. The molecular formula is C9H14N2O. The molecule has 1 aliphatic rings. The lowest BCUT2D eigenvalue weighted by atomic mass is 10.1. The smallest absolute Gasteiger partial charge is 0.191 e. The first-order valence-electron chi connectivity index (χ1n) is 4.42. The molecule has 0 aromatic carbocycles. The number of nitrogens with one attached hydrogen (secondary N) is 1. The topological polar surface area (TPSA) is 38.1 Å². The minimum Gasteiger partial charge on any atom is -0.446 e. The average molecular weight is 166 g/mol. The maximum Gasteiger partial charge on any atom is 0.191 e. The van der Waals surface area contributed by atoms with E-state index in [2.05, 4.69) is 10.3 Å². The fourth-order valence-electron chi connectivity index (χ4n) is 1.87. The molecule has 1 aromatic heterocycles. The molecule has 1 aliphatic carbocycles. The molecule has 0 saturated carbocycles. The van der Waals surface area contributed by atoms with E-state index in [4.69, 9.17) is 4.42 Å². The molecule has 0 radical (unpaired) electrons. The van der Waals surface area contributed by atoms with Crippen molar-refractivity contribution in [3.05, 3.63) is 17.3 Å². The monoisotopic (exact) mass is 166 g/mol. The number of aryl methyl sites for hydroxylation is 2. The van der Waals surface area contributed by atoms with Crippen LogP contribution in [0.3, 0.4) is 0 Å². The molecule has 1 atom stereocenters. The van der Waals surface area contributed by atoms with E-state index in [-0.39, 0.29) is 0 Å². The molecule has 0 saturated heterocycles. The summed E-state index contributed by atoms with van der Waals surface area (Å²) in [7, 11) is 1.98. The van der Waals surface area contributed by atoms with E-state index in [1.54, 1.807) is 0 Å². The second-order valence-electron chi connectivity index (χ2n) is 3.33. The molecule has 1 heterocycles. The SMILES string of the molecule is CNCC1CCc2oc(C)nc21. The van der Waals surface area contributed by atoms with Crippen molar-refractivity contribution in [1.29, 1.82) is 0 Å². The molecule has 1 N–H and O–H groups in total. The molecule has 12 heavy (non-hydrogen) atoms. The summed E-state index contributed by atoms with van der Waals surface area (Å²) in [4.78, 5) is 4.38. The van der Waals surface area contributed by atoms with Crippen LogP contribution >= 0.6 is 0 Å². The van der Waals surface area contributed by atoms with Crippen LogP contribution in [0, 0.1) is 6.92 Å². The molecular weight excluding hydrogens is 152 g/mol. The van der Waals surface area contributed by atoms with Crippen molar-refractivity contribution < 1.29 is 4.42 Å². The van der Waals surface area contributed by atoms with Crippen LogP contribution in [0.2, 0.25) is 0 Å². The van der Waals surface area contributed by atoms with Crippen molar-refractivity contribution in [3.63, 3.8) is 0 Å². The summed E-state index contributed by atoms with van der Waals surface area (Å²) < 4.78 is 5.46. The van der Waals surface area contributed by atoms with Crippen LogP contribution in [0.5, 0.6) is 0 Å². The molecule has 1 unspecified atom stereocenters. The maximum absolute atomic E-state index is 5.46. The third-order valence-electron chi connectivity index (χ3n) is 2.39. The summed E-state index contributed by atoms with van der Waals surface area (Å²) >= 11 is 0. The zero-order valence-electron chi connectivity index (χ0n) is 7.55. The zero-order valence-corrected chi connectivity index (χ0v) is 7.55. The lowest BCUT2D eigenvalue weighted by Crippen LogP contribution is -2.15. The normalized spacial score (nSPS) is 21.3. The van der Waals surface area contributed by atoms with Gasteiger partial charge in [-0.15, -0.1) is 0 Å². The summed E-state index contributed by atoms with van der Waals surface area (Å²) in [5, 5.41) is 3.18. The Morgan fingerprint density at radius 1 is 1.67 bits per heavy atom. The summed E-state index contributed by atoms with van der Waals surface area (Å²) in [5.74, 6) is 2.48. The quantitative estimate of drug-likeness (QED) is 0.718. The first kappa shape index (κ1) is 7.80. The Bertz CT molecular complexity index is 280. The number of likely N-dealkylation sites (N-methyl/N-ethyl adjacent to an activating group) is 1. The number of rotatable bonds is 2. The molecule has 0 fully saturated rings. The number of fused-ring (bicyclic) bond motifs is 1. The highest BCUT2D eigenvalue weighted by Crippen LogP contribution is 2.32. The Balaban J connectivity index is 2.22. The molecule has 0 aliphatic heterocycles. The third kappa shape index (κ3) is 1.14. The lowest BCUT2D eigenvalue weighted by molar-refractivity contribution is 0.474. The van der Waals surface area contributed by atoms with Crippen molar-refractivity contribution in [1.82, 2.24) is 10.3 Å². The van der Waals surface area contributed by atoms with Crippen LogP contribution in [0.1, 0.15) is 29.7 Å². The van der Waals surface area contributed by atoms with Gasteiger partial charge in [0.1, 0.15) is 5.76 Å². The highest BCUT2D eigenvalue weighted by Gasteiger charge is 2.26. The van der Waals surface area contributed by atoms with Gasteiger partial charge in [0.2, 0.25) is 0 Å². The van der Waals surface area contributed by atoms with E-state index in [1.807, 2.05) is 14.0 Å². The van der Waals surface area contributed by atoms with E-state index in [9.17, 15) is 0 Å². The van der Waals surface area contributed by atoms with Crippen LogP contribution in [-0.2, 0) is 6.42 Å². The van der Waals surface area contributed by atoms with Crippen LogP contribution in [0.4, 0.5) is 0 Å². The second kappa shape index (κ2) is 2.90. The van der Waals surface area contributed by atoms with Crippen LogP contribution in [0.15, 0.2) is 4.42 Å². The number of aromatic nitrogens is 1. The third-order valence-corrected chi connectivity index (χ3v) is 2.39. The van der Waals surface area contributed by atoms with Gasteiger partial charge in [0.25, 0.3) is 0 Å². The Kier molecular flexibility index (Phi) is 1.89. The largest absolute Gasteiger partial charge is 0.446 e. The highest BCUT2D eigenvalue weighted by molar-refractivity contribution is 5.21. The fourth-order valence-corrected chi connectivity index (χ4v) is 1.87. The van der Waals surface area contributed by atoms with Gasteiger partial charge in [0.15, 0.2) is 5.89 Å². The number of oxazole rings is 1. The Morgan fingerprint density at radius 3 is 3.25 bits per heavy atom. The summed E-state index contributed by atoms with van der Waals surface area (Å²) in [6.45, 7) is 2.92. The van der Waals surface area contributed by atoms with Crippen LogP contribution in [0.25, 0.3) is 0 Å². The van der Waals surface area contributed by atoms with Gasteiger partial charge in [-0.2, -0.15) is 0 Å². The van der Waals surface area contributed by atoms with Crippen LogP contribution < -0.4 is 5.32 Å². The van der Waals surface area contributed by atoms with Gasteiger partial charge in [-0.25, -0.2) is 4.98 Å². The molecule has 3 heteroatoms. The zero-order chi connectivity index (χ0) is 8.55. The second-order valence-corrected chi connectivity index (χ2v) is 3.33. The molecule has 0 amide bonds. The fraction of sp³-hybridized carbons (Fsp3) is 0.667. The van der Waals surface area contributed by atoms with Crippen molar-refractivity contribution >= 4 is 0 Å². The van der Waals surface area contributed by atoms with E-state index in [0.29, 0.717) is 5.92 Å². The van der Waals surface area contributed by atoms with Gasteiger partial charge in [-0.3, -0.25) is 0 Å². The van der Waals surface area contributed by atoms with Crippen molar-refractivity contribution in [2.24, 2.45) is 0 Å². The Morgan fingerprint density at radius 2 is 2.50 bits per heavy atom. The van der Waals surface area contributed by atoms with Gasteiger partial charge in [0.05, 0.1) is 5.69 Å². The first-order chi connectivity index (χ1) is 5.81. The van der Waals surface area contributed by atoms with Crippen molar-refractivity contribution in [2.45, 2.75) is 25.7 Å². The predicted octanol–water partition coefficient (Wildman–Crippen LogP) is 1.23. The summed E-state index contributed by atoms with van der Waals surface area (Å²) in [5.41, 5.74) is 1.18. The number of nitrogens with zero attached hydrogens (tertiary/aromatic N) is 1. The maximum atomic E-state index is 5.46. The van der Waals surface area contributed by atoms with Crippen molar-refractivity contribution in [3.8, 4) is 0 Å². The summed E-state index contributed by atoms with van der Waals surface area (Å²) in [6.07, 6.45) is 2.24. The standard InChI is InChI=1S/C9H14N2O/c1-6-11-9-7(5-10-2)3-4-8(9)12-6/h7,10H,3-5H2,1-2H3. The van der Waals surface area contributed by atoms with Gasteiger partial charge >= 0.3 is 0 Å². The van der Waals surface area contributed by atoms with E-state index in [1.165, 1.54) is 12.1 Å². The van der Waals surface area contributed by atoms with Gasteiger partial charge in [0, 0.05) is 25.8 Å². The minimum absolute atomic E-state index is 0.572. The molecule has 66 valence electrons. The average Bonchev–Trinajstić information content (AvgIpc) is 2.52.